The summed E-state index contributed by atoms with van der Waals surface area (Å²) in [6.07, 6.45) is 4.62. The van der Waals surface area contributed by atoms with Gasteiger partial charge in [-0.05, 0) is 30.4 Å². The van der Waals surface area contributed by atoms with Gasteiger partial charge in [-0.1, -0.05) is 30.3 Å². The van der Waals surface area contributed by atoms with E-state index in [1.165, 1.54) is 24.3 Å². The number of anilines is 1. The molecule has 0 spiro atoms. The molecule has 0 radical (unpaired) electrons. The molecule has 26 heavy (non-hydrogen) atoms. The molecule has 0 aromatic heterocycles. The Hall–Kier alpha value is -2.67. The Morgan fingerprint density at radius 1 is 1.23 bits per heavy atom. The molecule has 8 heteroatoms. The van der Waals surface area contributed by atoms with E-state index in [9.17, 15) is 19.7 Å². The first-order chi connectivity index (χ1) is 12.4. The molecule has 1 fully saturated rings. The summed E-state index contributed by atoms with van der Waals surface area (Å²) in [5, 5.41) is 13.7. The summed E-state index contributed by atoms with van der Waals surface area (Å²) in [6, 6.07) is 5.55. The van der Waals surface area contributed by atoms with Crippen LogP contribution in [0.15, 0.2) is 48.0 Å². The number of nitrogens with one attached hydrogen (secondary N) is 1. The van der Waals surface area contributed by atoms with E-state index < -0.39 is 22.7 Å². The predicted octanol–water partition coefficient (Wildman–Crippen LogP) is 3.27. The number of ether oxygens (including phenoxy) is 1. The Morgan fingerprint density at radius 2 is 1.85 bits per heavy atom. The molecule has 1 aromatic carbocycles. The van der Waals surface area contributed by atoms with Crippen molar-refractivity contribution < 1.29 is 19.2 Å². The van der Waals surface area contributed by atoms with Gasteiger partial charge in [0, 0.05) is 22.9 Å². The van der Waals surface area contributed by atoms with Gasteiger partial charge >= 0.3 is 5.97 Å². The summed E-state index contributed by atoms with van der Waals surface area (Å²) in [7, 11) is 0. The number of fused-ring (bicyclic) bond motifs is 2. The minimum Gasteiger partial charge on any atom is -0.460 e. The molecule has 0 aliphatic heterocycles. The van der Waals surface area contributed by atoms with Crippen LogP contribution in [-0.2, 0) is 14.3 Å². The Labute approximate surface area is 154 Å². The number of carbonyl (C=O) groups excluding carboxylic acids is 2. The first-order valence-electron chi connectivity index (χ1n) is 8.10. The topological polar surface area (TPSA) is 98.5 Å². The number of nitro benzene ring substituents is 1. The van der Waals surface area contributed by atoms with Gasteiger partial charge in [-0.25, -0.2) is 0 Å². The van der Waals surface area contributed by atoms with Gasteiger partial charge in [0.1, 0.15) is 6.61 Å². The summed E-state index contributed by atoms with van der Waals surface area (Å²) in [5.41, 5.74) is 0.377. The first kappa shape index (κ1) is 18.1. The van der Waals surface area contributed by atoms with Gasteiger partial charge < -0.3 is 10.1 Å². The quantitative estimate of drug-likeness (QED) is 0.355. The lowest BCUT2D eigenvalue weighted by Crippen LogP contribution is -2.37. The van der Waals surface area contributed by atoms with Crippen LogP contribution in [0.1, 0.15) is 6.42 Å². The van der Waals surface area contributed by atoms with Crippen LogP contribution in [0, 0.1) is 33.8 Å². The van der Waals surface area contributed by atoms with Gasteiger partial charge in [-0.15, -0.1) is 0 Å². The van der Waals surface area contributed by atoms with E-state index >= 15 is 0 Å². The smallest absolute Gasteiger partial charge is 0.310 e. The lowest BCUT2D eigenvalue weighted by molar-refractivity contribution is -0.384. The predicted molar refractivity (Wildman–Crippen MR) is 95.4 cm³/mol. The molecule has 1 N–H and O–H groups in total. The summed E-state index contributed by atoms with van der Waals surface area (Å²) in [5.74, 6) is -1.95. The molecule has 0 heterocycles. The molecule has 0 unspecified atom stereocenters. The zero-order valence-corrected chi connectivity index (χ0v) is 14.5. The maximum atomic E-state index is 12.7. The molecule has 1 amide bonds. The molecular weight excluding hydrogens is 360 g/mol. The lowest BCUT2D eigenvalue weighted by Gasteiger charge is -2.25. The van der Waals surface area contributed by atoms with Crippen molar-refractivity contribution in [3.63, 3.8) is 0 Å². The van der Waals surface area contributed by atoms with E-state index in [0.29, 0.717) is 5.69 Å². The third-order valence-corrected chi connectivity index (χ3v) is 4.86. The van der Waals surface area contributed by atoms with Gasteiger partial charge in [0.25, 0.3) is 5.69 Å². The summed E-state index contributed by atoms with van der Waals surface area (Å²) < 4.78 is 5.15. The van der Waals surface area contributed by atoms with Crippen LogP contribution in [0.2, 0.25) is 0 Å². The zero-order valence-electron chi connectivity index (χ0n) is 13.8. The van der Waals surface area contributed by atoms with E-state index in [4.69, 9.17) is 16.3 Å². The molecular formula is C18H17ClN2O5. The van der Waals surface area contributed by atoms with Crippen LogP contribution in [0.3, 0.4) is 0 Å². The van der Waals surface area contributed by atoms with Crippen LogP contribution in [-0.4, -0.2) is 23.4 Å². The monoisotopic (exact) mass is 376 g/mol. The molecule has 136 valence electrons. The average molecular weight is 377 g/mol. The van der Waals surface area contributed by atoms with Gasteiger partial charge in [0.15, 0.2) is 0 Å². The number of esters is 1. The number of non-ortho nitro benzene ring substituents is 1. The fourth-order valence-electron chi connectivity index (χ4n) is 3.64. The maximum absolute atomic E-state index is 12.7. The normalized spacial score (nSPS) is 25.7. The molecule has 1 saturated carbocycles. The van der Waals surface area contributed by atoms with E-state index in [1.807, 2.05) is 12.2 Å². The standard InChI is InChI=1S/C18H17ClN2O5/c1-10(19)9-26-18(23)16-12-3-2-11(8-12)15(16)17(22)20-13-4-6-14(7-5-13)21(24)25/h2-7,11-12,15-16H,1,8-9H2,(H,20,22)/t11-,12+,15-,16+/m0/s1. The Kier molecular flexibility index (Phi) is 5.08. The largest absolute Gasteiger partial charge is 0.460 e. The van der Waals surface area contributed by atoms with Crippen molar-refractivity contribution in [2.45, 2.75) is 6.42 Å². The highest BCUT2D eigenvalue weighted by Crippen LogP contribution is 2.49. The number of halogens is 1. The van der Waals surface area contributed by atoms with Crippen LogP contribution in [0.4, 0.5) is 11.4 Å². The second-order valence-corrected chi connectivity index (χ2v) is 6.95. The molecule has 7 nitrogen and oxygen atoms in total. The van der Waals surface area contributed by atoms with Gasteiger partial charge in [-0.2, -0.15) is 0 Å². The van der Waals surface area contributed by atoms with Crippen molar-refractivity contribution in [3.8, 4) is 0 Å². The number of amides is 1. The summed E-state index contributed by atoms with van der Waals surface area (Å²) in [6.45, 7) is 3.39. The number of benzene rings is 1. The minimum absolute atomic E-state index is 0.0326. The molecule has 0 saturated heterocycles. The van der Waals surface area contributed by atoms with E-state index in [2.05, 4.69) is 11.9 Å². The van der Waals surface area contributed by atoms with Crippen LogP contribution in [0.25, 0.3) is 0 Å². The Bertz CT molecular complexity index is 789. The van der Waals surface area contributed by atoms with Crippen molar-refractivity contribution in [1.82, 2.24) is 0 Å². The van der Waals surface area contributed by atoms with Crippen LogP contribution in [0.5, 0.6) is 0 Å². The fourth-order valence-corrected chi connectivity index (χ4v) is 3.69. The average Bonchev–Trinajstić information content (AvgIpc) is 3.21. The van der Waals surface area contributed by atoms with E-state index in [0.717, 1.165) is 6.42 Å². The Morgan fingerprint density at radius 3 is 2.42 bits per heavy atom. The number of nitrogens with zero attached hydrogens (tertiary/aromatic N) is 1. The highest BCUT2D eigenvalue weighted by Gasteiger charge is 2.52. The number of rotatable bonds is 6. The van der Waals surface area contributed by atoms with Crippen LogP contribution >= 0.6 is 11.6 Å². The SMILES string of the molecule is C=C(Cl)COC(=O)[C@H]1[C@@H](C(=O)Nc2ccc([N+](=O)[O-])cc2)[C@H]2C=C[C@@H]1C2. The molecule has 4 atom stereocenters. The number of allylic oxidation sites excluding steroid dienone is 2. The number of nitro groups is 1. The van der Waals surface area contributed by atoms with Crippen molar-refractivity contribution in [2.24, 2.45) is 23.7 Å². The van der Waals surface area contributed by atoms with Crippen molar-refractivity contribution in [3.05, 3.63) is 58.1 Å². The second-order valence-electron chi connectivity index (χ2n) is 6.42. The van der Waals surface area contributed by atoms with Gasteiger partial charge in [0.2, 0.25) is 5.91 Å². The van der Waals surface area contributed by atoms with Crippen molar-refractivity contribution in [2.75, 3.05) is 11.9 Å². The summed E-state index contributed by atoms with van der Waals surface area (Å²) in [4.78, 5) is 35.4. The Balaban J connectivity index is 1.72. The summed E-state index contributed by atoms with van der Waals surface area (Å²) >= 11 is 5.64. The first-order valence-corrected chi connectivity index (χ1v) is 8.48. The van der Waals surface area contributed by atoms with Crippen LogP contribution < -0.4 is 5.32 Å². The van der Waals surface area contributed by atoms with E-state index in [1.54, 1.807) is 0 Å². The number of hydrogen-bond donors (Lipinski definition) is 1. The van der Waals surface area contributed by atoms with E-state index in [-0.39, 0.29) is 35.1 Å². The van der Waals surface area contributed by atoms with Crippen molar-refractivity contribution in [1.29, 1.82) is 0 Å². The third-order valence-electron chi connectivity index (χ3n) is 4.75. The molecule has 2 bridgehead atoms. The number of carbonyl (C=O) groups is 2. The zero-order chi connectivity index (χ0) is 18.8. The molecule has 2 aliphatic rings. The maximum Gasteiger partial charge on any atom is 0.310 e. The molecule has 1 aromatic rings. The van der Waals surface area contributed by atoms with Crippen molar-refractivity contribution >= 4 is 34.9 Å². The molecule has 3 rings (SSSR count). The number of hydrogen-bond acceptors (Lipinski definition) is 5. The highest BCUT2D eigenvalue weighted by molar-refractivity contribution is 6.29. The lowest BCUT2D eigenvalue weighted by atomic mass is 9.82. The fraction of sp³-hybridized carbons (Fsp3) is 0.333. The third kappa shape index (κ3) is 3.62. The molecule has 2 aliphatic carbocycles. The van der Waals surface area contributed by atoms with Gasteiger partial charge in [-0.3, -0.25) is 19.7 Å². The minimum atomic E-state index is -0.570. The van der Waals surface area contributed by atoms with Gasteiger partial charge in [0.05, 0.1) is 16.8 Å². The second kappa shape index (κ2) is 7.29. The highest BCUT2D eigenvalue weighted by atomic mass is 35.5.